The SMILES string of the molecule is CC1CC(N(C2=CCC3C(=C2)C(c2ccccc2)(c2ccccc2)c2ccccc23)c2ccc(-n3c4ccccc4c4ccccc43)cc2)=Cc2c1n(-c1ccccc1)c1ccccc21. The molecule has 0 amide bonds. The third-order valence-electron chi connectivity index (χ3n) is 14.6. The van der Waals surface area contributed by atoms with Crippen molar-refractivity contribution in [1.82, 2.24) is 9.13 Å². The molecule has 0 aliphatic heterocycles. The number of allylic oxidation sites excluding steroid dienone is 4. The zero-order chi connectivity index (χ0) is 43.1. The van der Waals surface area contributed by atoms with Gasteiger partial charge in [0.1, 0.15) is 0 Å². The molecule has 2 heterocycles. The van der Waals surface area contributed by atoms with Crippen LogP contribution in [-0.2, 0) is 5.41 Å². The molecule has 310 valence electrons. The van der Waals surface area contributed by atoms with E-state index in [1.165, 1.54) is 88.9 Å². The lowest BCUT2D eigenvalue weighted by molar-refractivity contribution is 0.675. The molecule has 0 saturated heterocycles. The van der Waals surface area contributed by atoms with E-state index < -0.39 is 5.41 Å². The quantitative estimate of drug-likeness (QED) is 0.156. The lowest BCUT2D eigenvalue weighted by Crippen LogP contribution is -2.32. The molecule has 3 aliphatic carbocycles. The van der Waals surface area contributed by atoms with Crippen LogP contribution in [0.25, 0.3) is 50.2 Å². The molecular weight excluding hydrogens is 787 g/mol. The summed E-state index contributed by atoms with van der Waals surface area (Å²) in [6.45, 7) is 2.42. The minimum Gasteiger partial charge on any atom is -0.315 e. The zero-order valence-corrected chi connectivity index (χ0v) is 36.3. The predicted octanol–water partition coefficient (Wildman–Crippen LogP) is 15.4. The van der Waals surface area contributed by atoms with E-state index >= 15 is 0 Å². The Morgan fingerprint density at radius 1 is 0.492 bits per heavy atom. The van der Waals surface area contributed by atoms with Crippen molar-refractivity contribution in [1.29, 1.82) is 0 Å². The maximum Gasteiger partial charge on any atom is 0.0674 e. The summed E-state index contributed by atoms with van der Waals surface area (Å²) in [5.74, 6) is 0.509. The second-order valence-corrected chi connectivity index (χ2v) is 18.0. The van der Waals surface area contributed by atoms with Crippen LogP contribution in [0.5, 0.6) is 0 Å². The van der Waals surface area contributed by atoms with E-state index in [0.717, 1.165) is 24.2 Å². The molecule has 0 saturated carbocycles. The monoisotopic (exact) mass is 833 g/mol. The highest BCUT2D eigenvalue weighted by Gasteiger charge is 2.51. The van der Waals surface area contributed by atoms with Gasteiger partial charge in [-0.15, -0.1) is 0 Å². The van der Waals surface area contributed by atoms with Crippen molar-refractivity contribution >= 4 is 44.5 Å². The zero-order valence-electron chi connectivity index (χ0n) is 36.3. The fraction of sp³-hybridized carbons (Fsp3) is 0.0968. The standard InChI is InChI=1S/C62H47N3/c1-42-39-49(40-55-54-28-14-18-32-60(54)65(61(42)55)45-23-9-4-10-24-45)63(46-33-35-47(36-34-46)64-58-30-16-12-26-52(58)53-27-13-17-31-59(53)64)48-37-38-51-50-25-11-15-29-56(50)62(57(51)41-48,43-19-5-2-6-20-43)44-21-7-3-8-22-44/h2-37,40-42,51H,38-39H2,1H3. The van der Waals surface area contributed by atoms with E-state index in [9.17, 15) is 0 Å². The van der Waals surface area contributed by atoms with Crippen LogP contribution in [0.2, 0.25) is 0 Å². The van der Waals surface area contributed by atoms with Crippen molar-refractivity contribution in [3.63, 3.8) is 0 Å². The van der Waals surface area contributed by atoms with Crippen molar-refractivity contribution in [3.8, 4) is 11.4 Å². The second kappa shape index (κ2) is 14.9. The Balaban J connectivity index is 1.03. The van der Waals surface area contributed by atoms with E-state index in [0.29, 0.717) is 0 Å². The number of benzene rings is 8. The fourth-order valence-electron chi connectivity index (χ4n) is 12.0. The number of para-hydroxylation sites is 4. The molecule has 0 spiro atoms. The van der Waals surface area contributed by atoms with Crippen LogP contribution >= 0.6 is 0 Å². The molecule has 2 atom stereocenters. The van der Waals surface area contributed by atoms with Crippen LogP contribution in [-0.4, -0.2) is 9.13 Å². The topological polar surface area (TPSA) is 13.1 Å². The van der Waals surface area contributed by atoms with Gasteiger partial charge in [-0.25, -0.2) is 0 Å². The lowest BCUT2D eigenvalue weighted by Gasteiger charge is -2.39. The van der Waals surface area contributed by atoms with Gasteiger partial charge in [0.25, 0.3) is 0 Å². The van der Waals surface area contributed by atoms with Gasteiger partial charge >= 0.3 is 0 Å². The summed E-state index contributed by atoms with van der Waals surface area (Å²) in [5, 5.41) is 3.82. The van der Waals surface area contributed by atoms with E-state index in [1.807, 2.05) is 0 Å². The minimum atomic E-state index is -0.445. The molecule has 0 radical (unpaired) electrons. The average Bonchev–Trinajstić information content (AvgIpc) is 4.00. The van der Waals surface area contributed by atoms with E-state index in [4.69, 9.17) is 0 Å². The van der Waals surface area contributed by atoms with Gasteiger partial charge in [0.05, 0.1) is 22.0 Å². The molecule has 0 fully saturated rings. The van der Waals surface area contributed by atoms with Crippen molar-refractivity contribution in [2.75, 3.05) is 4.90 Å². The van der Waals surface area contributed by atoms with Gasteiger partial charge in [0.2, 0.25) is 0 Å². The van der Waals surface area contributed by atoms with Crippen LogP contribution in [0, 0.1) is 0 Å². The van der Waals surface area contributed by atoms with Gasteiger partial charge in [-0.3, -0.25) is 0 Å². The van der Waals surface area contributed by atoms with Crippen LogP contribution in [0.1, 0.15) is 65.1 Å². The number of rotatable bonds is 7. The maximum atomic E-state index is 2.59. The molecule has 0 bridgehead atoms. The van der Waals surface area contributed by atoms with Crippen molar-refractivity contribution in [2.45, 2.75) is 37.0 Å². The highest BCUT2D eigenvalue weighted by Crippen LogP contribution is 2.60. The summed E-state index contributed by atoms with van der Waals surface area (Å²) >= 11 is 0. The predicted molar refractivity (Wildman–Crippen MR) is 270 cm³/mol. The summed E-state index contributed by atoms with van der Waals surface area (Å²) in [4.78, 5) is 2.59. The lowest BCUT2D eigenvalue weighted by atomic mass is 9.66. The van der Waals surface area contributed by atoms with E-state index in [2.05, 4.69) is 252 Å². The third-order valence-corrected chi connectivity index (χ3v) is 14.6. The van der Waals surface area contributed by atoms with E-state index in [1.54, 1.807) is 0 Å². The number of anilines is 1. The number of fused-ring (bicyclic) bond motifs is 9. The fourth-order valence-corrected chi connectivity index (χ4v) is 12.0. The summed E-state index contributed by atoms with van der Waals surface area (Å²) in [5.41, 5.74) is 18.8. The summed E-state index contributed by atoms with van der Waals surface area (Å²) in [6, 6.07) is 78.4. The number of hydrogen-bond donors (Lipinski definition) is 0. The smallest absolute Gasteiger partial charge is 0.0674 e. The first-order chi connectivity index (χ1) is 32.2. The average molecular weight is 834 g/mol. The highest BCUT2D eigenvalue weighted by molar-refractivity contribution is 6.09. The van der Waals surface area contributed by atoms with Gasteiger partial charge in [0.15, 0.2) is 0 Å². The molecule has 13 rings (SSSR count). The Bertz CT molecular complexity index is 3460. The number of nitrogens with zero attached hydrogens (tertiary/aromatic N) is 3. The van der Waals surface area contributed by atoms with Gasteiger partial charge in [-0.2, -0.15) is 0 Å². The Kier molecular flexibility index (Phi) is 8.61. The van der Waals surface area contributed by atoms with Crippen LogP contribution in [0.15, 0.2) is 241 Å². The molecule has 3 nitrogen and oxygen atoms in total. The maximum absolute atomic E-state index is 2.59. The van der Waals surface area contributed by atoms with Gasteiger partial charge in [0, 0.05) is 67.7 Å². The molecule has 2 aromatic heterocycles. The highest BCUT2D eigenvalue weighted by atomic mass is 15.2. The van der Waals surface area contributed by atoms with E-state index in [-0.39, 0.29) is 11.8 Å². The molecule has 3 heteroatoms. The Hall–Kier alpha value is -7.88. The van der Waals surface area contributed by atoms with Crippen molar-refractivity contribution in [2.24, 2.45) is 0 Å². The third kappa shape index (κ3) is 5.61. The van der Waals surface area contributed by atoms with Crippen LogP contribution < -0.4 is 4.90 Å². The first-order valence-electron chi connectivity index (χ1n) is 23.1. The van der Waals surface area contributed by atoms with Crippen LogP contribution in [0.3, 0.4) is 0 Å². The first-order valence-corrected chi connectivity index (χ1v) is 23.1. The molecular formula is C62H47N3. The molecule has 0 N–H and O–H groups in total. The molecule has 10 aromatic rings. The number of aromatic nitrogens is 2. The molecule has 8 aromatic carbocycles. The molecule has 3 aliphatic rings. The van der Waals surface area contributed by atoms with Gasteiger partial charge in [-0.05, 0) is 107 Å². The van der Waals surface area contributed by atoms with Gasteiger partial charge in [-0.1, -0.05) is 171 Å². The Morgan fingerprint density at radius 3 is 1.66 bits per heavy atom. The summed E-state index contributed by atoms with van der Waals surface area (Å²) in [7, 11) is 0. The molecule has 2 unspecified atom stereocenters. The summed E-state index contributed by atoms with van der Waals surface area (Å²) < 4.78 is 4.92. The summed E-state index contributed by atoms with van der Waals surface area (Å²) in [6.07, 6.45) is 9.40. The minimum absolute atomic E-state index is 0.254. The Morgan fingerprint density at radius 2 is 1.02 bits per heavy atom. The van der Waals surface area contributed by atoms with Crippen LogP contribution in [0.4, 0.5) is 5.69 Å². The normalized spacial score (nSPS) is 17.3. The molecule has 65 heavy (non-hydrogen) atoms. The number of hydrogen-bond acceptors (Lipinski definition) is 1. The first kappa shape index (κ1) is 37.7. The largest absolute Gasteiger partial charge is 0.315 e. The Labute approximate surface area is 380 Å². The van der Waals surface area contributed by atoms with Crippen molar-refractivity contribution in [3.05, 3.63) is 275 Å². The van der Waals surface area contributed by atoms with Crippen molar-refractivity contribution < 1.29 is 0 Å². The van der Waals surface area contributed by atoms with Gasteiger partial charge < -0.3 is 14.0 Å². The second-order valence-electron chi connectivity index (χ2n) is 18.0.